The topological polar surface area (TPSA) is 72.2 Å². The highest BCUT2D eigenvalue weighted by Gasteiger charge is 2.19. The minimum atomic E-state index is -0.787. The average Bonchev–Trinajstić information content (AvgIpc) is 2.29. The number of benzene rings is 1. The zero-order chi connectivity index (χ0) is 13.0. The van der Waals surface area contributed by atoms with Crippen molar-refractivity contribution in [1.82, 2.24) is 5.32 Å². The number of nitro groups is 1. The van der Waals surface area contributed by atoms with Crippen LogP contribution >= 0.6 is 0 Å². The number of halogens is 1. The van der Waals surface area contributed by atoms with Crippen molar-refractivity contribution in [2.75, 3.05) is 6.54 Å². The Morgan fingerprint density at radius 1 is 1.65 bits per heavy atom. The molecule has 0 unspecified atom stereocenters. The van der Waals surface area contributed by atoms with E-state index in [0.717, 1.165) is 12.1 Å². The second kappa shape index (κ2) is 5.07. The fourth-order valence-electron chi connectivity index (χ4n) is 1.25. The molecule has 0 heterocycles. The molecule has 1 rings (SSSR count). The van der Waals surface area contributed by atoms with Gasteiger partial charge in [-0.3, -0.25) is 14.9 Å². The monoisotopic (exact) mass is 236 g/mol. The quantitative estimate of drug-likeness (QED) is 0.490. The lowest BCUT2D eigenvalue weighted by Gasteiger charge is -2.05. The van der Waals surface area contributed by atoms with Crippen LogP contribution in [0.1, 0.15) is 15.9 Å². The smallest absolute Gasteiger partial charge is 0.270 e. The highest BCUT2D eigenvalue weighted by atomic mass is 19.1. The first-order chi connectivity index (χ1) is 7.97. The number of aryl methyl sites for hydroxylation is 1. The molecule has 17 heavy (non-hydrogen) atoms. The van der Waals surface area contributed by atoms with Gasteiger partial charge >= 0.3 is 0 Å². The Hall–Kier alpha value is -2.42. The first-order valence-electron chi connectivity index (χ1n) is 4.63. The molecule has 1 aromatic carbocycles. The third-order valence-electron chi connectivity index (χ3n) is 2.05. The van der Waals surface area contributed by atoms with Gasteiger partial charge in [-0.25, -0.2) is 4.39 Å². The molecule has 0 aromatic heterocycles. The predicted octanol–water partition coefficient (Wildman–Crippen LogP) is 1.41. The average molecular weight is 236 g/mol. The molecule has 1 aromatic rings. The van der Waals surface area contributed by atoms with Crippen molar-refractivity contribution in [3.63, 3.8) is 0 Å². The van der Waals surface area contributed by atoms with Gasteiger partial charge in [0, 0.05) is 12.1 Å². The van der Waals surface area contributed by atoms with Gasteiger partial charge in [-0.15, -0.1) is 6.42 Å². The normalized spacial score (nSPS) is 9.47. The summed E-state index contributed by atoms with van der Waals surface area (Å²) < 4.78 is 13.6. The lowest BCUT2D eigenvalue weighted by atomic mass is 10.1. The van der Waals surface area contributed by atoms with Crippen molar-refractivity contribution < 1.29 is 14.1 Å². The molecule has 0 bridgehead atoms. The maximum Gasteiger partial charge on any atom is 0.270 e. The summed E-state index contributed by atoms with van der Waals surface area (Å²) in [7, 11) is 0. The molecule has 0 fully saturated rings. The van der Waals surface area contributed by atoms with E-state index in [1.807, 2.05) is 0 Å². The summed E-state index contributed by atoms with van der Waals surface area (Å²) in [5.41, 5.74) is -0.688. The van der Waals surface area contributed by atoms with E-state index in [0.29, 0.717) is 0 Å². The van der Waals surface area contributed by atoms with Gasteiger partial charge in [-0.1, -0.05) is 5.92 Å². The molecule has 5 nitrogen and oxygen atoms in total. The molecule has 0 atom stereocenters. The summed E-state index contributed by atoms with van der Waals surface area (Å²) in [5.74, 6) is 0.594. The van der Waals surface area contributed by atoms with Crippen LogP contribution in [-0.4, -0.2) is 17.4 Å². The number of hydrogen-bond acceptors (Lipinski definition) is 3. The van der Waals surface area contributed by atoms with Crippen LogP contribution in [0.2, 0.25) is 0 Å². The molecule has 1 amide bonds. The van der Waals surface area contributed by atoms with E-state index in [4.69, 9.17) is 6.42 Å². The van der Waals surface area contributed by atoms with Crippen LogP contribution in [0.5, 0.6) is 0 Å². The number of carbonyl (C=O) groups excluding carboxylic acids is 1. The van der Waals surface area contributed by atoms with Gasteiger partial charge in [0.1, 0.15) is 5.82 Å². The Kier molecular flexibility index (Phi) is 3.78. The van der Waals surface area contributed by atoms with E-state index in [1.54, 1.807) is 0 Å². The zero-order valence-corrected chi connectivity index (χ0v) is 8.99. The minimum Gasteiger partial charge on any atom is -0.341 e. The minimum absolute atomic E-state index is 0.0325. The van der Waals surface area contributed by atoms with Crippen LogP contribution in [0.3, 0.4) is 0 Å². The Morgan fingerprint density at radius 3 is 2.82 bits per heavy atom. The number of terminal acetylenes is 1. The number of nitrogens with one attached hydrogen (secondary N) is 1. The molecule has 0 saturated heterocycles. The van der Waals surface area contributed by atoms with Crippen molar-refractivity contribution in [2.24, 2.45) is 0 Å². The van der Waals surface area contributed by atoms with E-state index in [9.17, 15) is 19.3 Å². The maximum absolute atomic E-state index is 13.6. The van der Waals surface area contributed by atoms with E-state index >= 15 is 0 Å². The van der Waals surface area contributed by atoms with Gasteiger partial charge in [0.25, 0.3) is 11.6 Å². The first kappa shape index (κ1) is 12.6. The summed E-state index contributed by atoms with van der Waals surface area (Å²) in [6, 6.07) is 1.95. The second-order valence-electron chi connectivity index (χ2n) is 3.27. The van der Waals surface area contributed by atoms with Gasteiger partial charge in [0.05, 0.1) is 17.0 Å². The van der Waals surface area contributed by atoms with Crippen molar-refractivity contribution in [3.05, 3.63) is 39.2 Å². The van der Waals surface area contributed by atoms with Gasteiger partial charge in [0.2, 0.25) is 0 Å². The molecule has 0 aliphatic carbocycles. The van der Waals surface area contributed by atoms with Crippen LogP contribution in [0.25, 0.3) is 0 Å². The van der Waals surface area contributed by atoms with E-state index < -0.39 is 16.6 Å². The number of hydrogen-bond donors (Lipinski definition) is 1. The predicted molar refractivity (Wildman–Crippen MR) is 59.0 cm³/mol. The third kappa shape index (κ3) is 2.78. The van der Waals surface area contributed by atoms with Gasteiger partial charge in [0.15, 0.2) is 0 Å². The Morgan fingerprint density at radius 2 is 2.29 bits per heavy atom. The summed E-state index contributed by atoms with van der Waals surface area (Å²) >= 11 is 0. The van der Waals surface area contributed by atoms with Crippen LogP contribution in [0.4, 0.5) is 10.1 Å². The molecule has 0 aliphatic rings. The molecule has 0 radical (unpaired) electrons. The van der Waals surface area contributed by atoms with Crippen LogP contribution in [0.15, 0.2) is 12.1 Å². The molecular formula is C11H9FN2O3. The summed E-state index contributed by atoms with van der Waals surface area (Å²) in [4.78, 5) is 21.4. The maximum atomic E-state index is 13.6. The Bertz CT molecular complexity index is 520. The van der Waals surface area contributed by atoms with E-state index in [2.05, 4.69) is 11.2 Å². The van der Waals surface area contributed by atoms with Crippen molar-refractivity contribution in [1.29, 1.82) is 0 Å². The number of nitrogens with zero attached hydrogens (tertiary/aromatic N) is 1. The van der Waals surface area contributed by atoms with E-state index in [-0.39, 0.29) is 23.4 Å². The standard InChI is InChI=1S/C11H9FN2O3/c1-3-4-13-11(15)9-6-8(14(16)17)5-7(2)10(9)12/h1,5-6H,4H2,2H3,(H,13,15). The molecule has 0 saturated carbocycles. The van der Waals surface area contributed by atoms with Gasteiger partial charge in [-0.05, 0) is 12.5 Å². The van der Waals surface area contributed by atoms with Crippen molar-refractivity contribution in [2.45, 2.75) is 6.92 Å². The zero-order valence-electron chi connectivity index (χ0n) is 8.99. The summed E-state index contributed by atoms with van der Waals surface area (Å²) in [5, 5.41) is 12.8. The van der Waals surface area contributed by atoms with Crippen LogP contribution < -0.4 is 5.32 Å². The largest absolute Gasteiger partial charge is 0.341 e. The number of amides is 1. The van der Waals surface area contributed by atoms with Gasteiger partial charge in [-0.2, -0.15) is 0 Å². The molecule has 1 N–H and O–H groups in total. The third-order valence-corrected chi connectivity index (χ3v) is 2.05. The number of rotatable bonds is 3. The number of nitro benzene ring substituents is 1. The lowest BCUT2D eigenvalue weighted by molar-refractivity contribution is -0.385. The van der Waals surface area contributed by atoms with Crippen molar-refractivity contribution in [3.8, 4) is 12.3 Å². The highest BCUT2D eigenvalue weighted by molar-refractivity contribution is 5.95. The summed E-state index contributed by atoms with van der Waals surface area (Å²) in [6.45, 7) is 1.28. The van der Waals surface area contributed by atoms with Gasteiger partial charge < -0.3 is 5.32 Å². The van der Waals surface area contributed by atoms with Crippen molar-refractivity contribution >= 4 is 11.6 Å². The highest BCUT2D eigenvalue weighted by Crippen LogP contribution is 2.20. The van der Waals surface area contributed by atoms with Crippen LogP contribution in [0, 0.1) is 35.2 Å². The molecule has 88 valence electrons. The fraction of sp³-hybridized carbons (Fsp3) is 0.182. The van der Waals surface area contributed by atoms with E-state index in [1.165, 1.54) is 6.92 Å². The Labute approximate surface area is 96.8 Å². The number of non-ortho nitro benzene ring substituents is 1. The lowest BCUT2D eigenvalue weighted by Crippen LogP contribution is -2.25. The first-order valence-corrected chi connectivity index (χ1v) is 4.63. The second-order valence-corrected chi connectivity index (χ2v) is 3.27. The Balaban J connectivity index is 3.19. The molecule has 0 aliphatic heterocycles. The summed E-state index contributed by atoms with van der Waals surface area (Å²) in [6.07, 6.45) is 4.93. The van der Waals surface area contributed by atoms with Crippen LogP contribution in [-0.2, 0) is 0 Å². The molecule has 6 heteroatoms. The SMILES string of the molecule is C#CCNC(=O)c1cc([N+](=O)[O-])cc(C)c1F. The fourth-order valence-corrected chi connectivity index (χ4v) is 1.25. The molecular weight excluding hydrogens is 227 g/mol. The molecule has 0 spiro atoms. The number of carbonyl (C=O) groups is 1.